The molecule has 4 aromatic rings. The highest BCUT2D eigenvalue weighted by Gasteiger charge is 2.29. The van der Waals surface area contributed by atoms with Gasteiger partial charge in [-0.1, -0.05) is 55.0 Å². The van der Waals surface area contributed by atoms with Crippen LogP contribution in [0.25, 0.3) is 11.2 Å². The Kier molecular flexibility index (Phi) is 5.40. The van der Waals surface area contributed by atoms with Crippen molar-refractivity contribution in [2.45, 2.75) is 39.8 Å². The minimum atomic E-state index is -0.314. The molecule has 2 aromatic heterocycles. The summed E-state index contributed by atoms with van der Waals surface area (Å²) in [6.07, 6.45) is 1.54. The van der Waals surface area contributed by atoms with Gasteiger partial charge < -0.3 is 9.47 Å². The molecule has 170 valence electrons. The van der Waals surface area contributed by atoms with Gasteiger partial charge in [0, 0.05) is 32.4 Å². The fraction of sp³-hybridized carbons (Fsp3) is 0.346. The lowest BCUT2D eigenvalue weighted by Gasteiger charge is -2.33. The Labute approximate surface area is 192 Å². The maximum atomic E-state index is 13.5. The summed E-state index contributed by atoms with van der Waals surface area (Å²) in [7, 11) is 1.70. The Balaban J connectivity index is 1.57. The van der Waals surface area contributed by atoms with Gasteiger partial charge in [0.15, 0.2) is 11.2 Å². The highest BCUT2D eigenvalue weighted by molar-refractivity contribution is 5.77. The lowest BCUT2D eigenvalue weighted by Crippen LogP contribution is -2.40. The molecule has 0 spiro atoms. The molecule has 1 atom stereocenters. The second-order valence-corrected chi connectivity index (χ2v) is 9.13. The molecule has 0 fully saturated rings. The topological polar surface area (TPSA) is 65.1 Å². The van der Waals surface area contributed by atoms with Crippen LogP contribution in [0.5, 0.6) is 0 Å². The SMILES string of the molecule is Cc1ccc(N2C[C@@H](C)Cn3c2nc2c3c(=O)n(CCCc3ccccc3)c(=O)n2C)cc1. The van der Waals surface area contributed by atoms with E-state index in [9.17, 15) is 9.59 Å². The molecular weight excluding hydrogens is 414 g/mol. The summed E-state index contributed by atoms with van der Waals surface area (Å²) in [5.41, 5.74) is 3.83. The van der Waals surface area contributed by atoms with Gasteiger partial charge in [-0.3, -0.25) is 13.9 Å². The molecule has 0 saturated carbocycles. The molecule has 5 rings (SSSR count). The number of rotatable bonds is 5. The van der Waals surface area contributed by atoms with Gasteiger partial charge in [0.25, 0.3) is 5.56 Å². The predicted octanol–water partition coefficient (Wildman–Crippen LogP) is 3.63. The van der Waals surface area contributed by atoms with Crippen molar-refractivity contribution in [3.63, 3.8) is 0 Å². The number of hydrogen-bond acceptors (Lipinski definition) is 4. The van der Waals surface area contributed by atoms with Crippen LogP contribution in [0, 0.1) is 12.8 Å². The average Bonchev–Trinajstić information content (AvgIpc) is 3.20. The van der Waals surface area contributed by atoms with Crippen molar-refractivity contribution in [3.05, 3.63) is 86.6 Å². The van der Waals surface area contributed by atoms with Crippen LogP contribution >= 0.6 is 0 Å². The van der Waals surface area contributed by atoms with Crippen molar-refractivity contribution in [2.75, 3.05) is 11.4 Å². The van der Waals surface area contributed by atoms with Crippen LogP contribution in [0.2, 0.25) is 0 Å². The molecule has 0 radical (unpaired) electrons. The molecule has 0 amide bonds. The van der Waals surface area contributed by atoms with Crippen LogP contribution < -0.4 is 16.1 Å². The third kappa shape index (κ3) is 3.77. The largest absolute Gasteiger partial charge is 0.332 e. The first-order valence-corrected chi connectivity index (χ1v) is 11.5. The normalized spacial score (nSPS) is 15.7. The quantitative estimate of drug-likeness (QED) is 0.473. The molecule has 7 heteroatoms. The van der Waals surface area contributed by atoms with E-state index < -0.39 is 0 Å². The Morgan fingerprint density at radius 1 is 1.00 bits per heavy atom. The Hall–Kier alpha value is -3.61. The Morgan fingerprint density at radius 3 is 2.45 bits per heavy atom. The third-order valence-corrected chi connectivity index (χ3v) is 6.48. The molecule has 33 heavy (non-hydrogen) atoms. The molecule has 2 aromatic carbocycles. The number of aryl methyl sites for hydroxylation is 3. The zero-order chi connectivity index (χ0) is 23.1. The second-order valence-electron chi connectivity index (χ2n) is 9.13. The molecule has 0 N–H and O–H groups in total. The number of anilines is 2. The van der Waals surface area contributed by atoms with Gasteiger partial charge in [-0.05, 0) is 43.4 Å². The monoisotopic (exact) mass is 443 g/mol. The van der Waals surface area contributed by atoms with Gasteiger partial charge in [-0.2, -0.15) is 4.98 Å². The van der Waals surface area contributed by atoms with Crippen molar-refractivity contribution in [3.8, 4) is 0 Å². The number of benzene rings is 2. The maximum Gasteiger partial charge on any atom is 0.332 e. The molecule has 1 aliphatic rings. The first kappa shape index (κ1) is 21.2. The minimum absolute atomic E-state index is 0.252. The lowest BCUT2D eigenvalue weighted by molar-refractivity contribution is 0.457. The van der Waals surface area contributed by atoms with Gasteiger partial charge in [-0.25, -0.2) is 4.79 Å². The summed E-state index contributed by atoms with van der Waals surface area (Å²) >= 11 is 0. The van der Waals surface area contributed by atoms with Crippen LogP contribution in [0.3, 0.4) is 0 Å². The highest BCUT2D eigenvalue weighted by Crippen LogP contribution is 2.32. The molecule has 0 saturated heterocycles. The van der Waals surface area contributed by atoms with Crippen LogP contribution in [0.1, 0.15) is 24.5 Å². The van der Waals surface area contributed by atoms with E-state index in [1.54, 1.807) is 7.05 Å². The molecule has 1 aliphatic heterocycles. The summed E-state index contributed by atoms with van der Waals surface area (Å²) in [5, 5.41) is 0. The van der Waals surface area contributed by atoms with E-state index in [0.717, 1.165) is 31.0 Å². The van der Waals surface area contributed by atoms with E-state index >= 15 is 0 Å². The van der Waals surface area contributed by atoms with Crippen molar-refractivity contribution in [1.29, 1.82) is 0 Å². The minimum Gasteiger partial charge on any atom is -0.312 e. The van der Waals surface area contributed by atoms with Gasteiger partial charge in [0.2, 0.25) is 5.95 Å². The van der Waals surface area contributed by atoms with Gasteiger partial charge in [0.05, 0.1) is 0 Å². The van der Waals surface area contributed by atoms with Crippen molar-refractivity contribution in [2.24, 2.45) is 13.0 Å². The molecule has 7 nitrogen and oxygen atoms in total. The third-order valence-electron chi connectivity index (χ3n) is 6.48. The van der Waals surface area contributed by atoms with Gasteiger partial charge >= 0.3 is 5.69 Å². The molecule has 0 aliphatic carbocycles. The first-order chi connectivity index (χ1) is 15.9. The number of imidazole rings is 1. The van der Waals surface area contributed by atoms with Gasteiger partial charge in [-0.15, -0.1) is 0 Å². The fourth-order valence-corrected chi connectivity index (χ4v) is 4.73. The van der Waals surface area contributed by atoms with E-state index in [0.29, 0.717) is 30.2 Å². The maximum absolute atomic E-state index is 13.5. The Bertz CT molecular complexity index is 1410. The lowest BCUT2D eigenvalue weighted by atomic mass is 10.1. The Morgan fingerprint density at radius 2 is 1.73 bits per heavy atom. The number of nitrogens with zero attached hydrogens (tertiary/aromatic N) is 5. The zero-order valence-corrected chi connectivity index (χ0v) is 19.4. The number of fused-ring (bicyclic) bond motifs is 3. The van der Waals surface area contributed by atoms with Crippen LogP contribution in [0.15, 0.2) is 64.2 Å². The van der Waals surface area contributed by atoms with Crippen molar-refractivity contribution >= 4 is 22.8 Å². The van der Waals surface area contributed by atoms with Crippen molar-refractivity contribution in [1.82, 2.24) is 18.7 Å². The second kappa shape index (κ2) is 8.39. The summed E-state index contributed by atoms with van der Waals surface area (Å²) in [4.78, 5) is 33.6. The van der Waals surface area contributed by atoms with E-state index in [1.165, 1.54) is 20.3 Å². The van der Waals surface area contributed by atoms with E-state index in [4.69, 9.17) is 4.98 Å². The average molecular weight is 444 g/mol. The van der Waals surface area contributed by atoms with Crippen molar-refractivity contribution < 1.29 is 0 Å². The van der Waals surface area contributed by atoms with Gasteiger partial charge in [0.1, 0.15) is 0 Å². The molecule has 0 unspecified atom stereocenters. The van der Waals surface area contributed by atoms with Crippen LogP contribution in [0.4, 0.5) is 11.6 Å². The molecule has 3 heterocycles. The van der Waals surface area contributed by atoms with E-state index in [2.05, 4.69) is 55.1 Å². The fourth-order valence-electron chi connectivity index (χ4n) is 4.73. The standard InChI is InChI=1S/C26H29N5O2/c1-18-11-13-21(14-12-18)30-16-19(2)17-31-22-23(27-25(30)31)28(3)26(33)29(24(22)32)15-7-10-20-8-5-4-6-9-20/h4-6,8-9,11-14,19H,7,10,15-17H2,1-3H3/t19-/m1/s1. The predicted molar refractivity (Wildman–Crippen MR) is 131 cm³/mol. The summed E-state index contributed by atoms with van der Waals surface area (Å²) < 4.78 is 4.89. The summed E-state index contributed by atoms with van der Waals surface area (Å²) in [5.74, 6) is 1.06. The summed E-state index contributed by atoms with van der Waals surface area (Å²) in [6.45, 7) is 6.13. The van der Waals surface area contributed by atoms with E-state index in [1.807, 2.05) is 22.8 Å². The van der Waals surface area contributed by atoms with E-state index in [-0.39, 0.29) is 11.2 Å². The number of hydrogen-bond donors (Lipinski definition) is 0. The first-order valence-electron chi connectivity index (χ1n) is 11.5. The van der Waals surface area contributed by atoms with Crippen LogP contribution in [-0.4, -0.2) is 25.2 Å². The summed E-state index contributed by atoms with van der Waals surface area (Å²) in [6, 6.07) is 18.5. The van der Waals surface area contributed by atoms with Crippen LogP contribution in [-0.2, 0) is 26.6 Å². The highest BCUT2D eigenvalue weighted by atomic mass is 16.2. The smallest absolute Gasteiger partial charge is 0.312 e. The molecule has 0 bridgehead atoms. The zero-order valence-electron chi connectivity index (χ0n) is 19.4. The molecular formula is C26H29N5O2. The number of aromatic nitrogens is 4.